The second-order valence-electron chi connectivity index (χ2n) is 9.08. The molecule has 3 unspecified atom stereocenters. The predicted octanol–water partition coefficient (Wildman–Crippen LogP) is 9.10. The number of carboxylic acid groups (broad SMARTS) is 1. The molecular formula is C19H9F29O3. The van der Waals surface area contributed by atoms with E-state index in [-0.39, 0.29) is 0 Å². The van der Waals surface area contributed by atoms with Crippen LogP contribution in [-0.4, -0.2) is 112 Å². The number of aliphatic carboxylic acids is 1. The molecule has 51 heavy (non-hydrogen) atoms. The molecular weight excluding hydrogens is 827 g/mol. The molecule has 3 nitrogen and oxygen atoms in total. The number of hydrogen-bond donors (Lipinski definition) is 2. The largest absolute Gasteiger partial charge is 0.478 e. The Hall–Kier alpha value is -2.86. The highest BCUT2D eigenvalue weighted by Crippen LogP contribution is 2.67. The summed E-state index contributed by atoms with van der Waals surface area (Å²) in [6, 6.07) is 0. The Morgan fingerprint density at radius 1 is 0.431 bits per heavy atom. The first kappa shape index (κ1) is 50.2. The first-order valence-electron chi connectivity index (χ1n) is 11.0. The normalized spacial score (nSPS) is 17.4. The lowest BCUT2D eigenvalue weighted by atomic mass is 9.83. The van der Waals surface area contributed by atoms with Gasteiger partial charge in [0.25, 0.3) is 6.43 Å². The second-order valence-corrected chi connectivity index (χ2v) is 9.08. The Morgan fingerprint density at radius 2 is 0.627 bits per heavy atom. The summed E-state index contributed by atoms with van der Waals surface area (Å²) in [5.41, 5.74) is 0. The van der Waals surface area contributed by atoms with Crippen molar-refractivity contribution in [1.82, 2.24) is 0 Å². The maximum Gasteiger partial charge on any atom is 0.423 e. The molecule has 0 spiro atoms. The van der Waals surface area contributed by atoms with Crippen molar-refractivity contribution in [3.63, 3.8) is 0 Å². The minimum absolute atomic E-state index is 0.833. The van der Waals surface area contributed by atoms with Crippen molar-refractivity contribution in [2.45, 2.75) is 96.2 Å². The summed E-state index contributed by atoms with van der Waals surface area (Å²) in [5.74, 6) is -104. The van der Waals surface area contributed by atoms with Crippen LogP contribution in [-0.2, 0) is 4.79 Å². The highest BCUT2D eigenvalue weighted by Gasteiger charge is 2.99. The van der Waals surface area contributed by atoms with Crippen molar-refractivity contribution in [3.05, 3.63) is 12.7 Å². The van der Waals surface area contributed by atoms with Crippen LogP contribution in [0.15, 0.2) is 12.7 Å². The smallest absolute Gasteiger partial charge is 0.423 e. The van der Waals surface area contributed by atoms with E-state index in [4.69, 9.17) is 10.2 Å². The van der Waals surface area contributed by atoms with Crippen LogP contribution in [0.2, 0.25) is 0 Å². The molecule has 0 aromatic heterocycles. The molecule has 32 heteroatoms. The number of carbonyl (C=O) groups is 1. The summed E-state index contributed by atoms with van der Waals surface area (Å²) >= 11 is 0. The van der Waals surface area contributed by atoms with Gasteiger partial charge in [-0.2, -0.15) is 105 Å². The average molecular weight is 836 g/mol. The van der Waals surface area contributed by atoms with Crippen LogP contribution in [0.3, 0.4) is 0 Å². The maximum atomic E-state index is 13.7. The Kier molecular flexibility index (Phi) is 13.6. The van der Waals surface area contributed by atoms with Gasteiger partial charge in [0.15, 0.2) is 12.3 Å². The van der Waals surface area contributed by atoms with E-state index in [1.54, 1.807) is 0 Å². The fraction of sp³-hybridized carbons (Fsp3) is 0.842. The van der Waals surface area contributed by atoms with Gasteiger partial charge in [0, 0.05) is 6.08 Å². The third-order valence-corrected chi connectivity index (χ3v) is 5.69. The van der Waals surface area contributed by atoms with Gasteiger partial charge in [-0.1, -0.05) is 6.58 Å². The zero-order chi connectivity index (χ0) is 42.6. The van der Waals surface area contributed by atoms with Gasteiger partial charge in [0.2, 0.25) is 6.17 Å². The molecule has 0 aromatic carbocycles. The average Bonchev–Trinajstić information content (AvgIpc) is 2.94. The zero-order valence-electron chi connectivity index (χ0n) is 22.4. The third kappa shape index (κ3) is 7.12. The summed E-state index contributed by atoms with van der Waals surface area (Å²) in [4.78, 5) is 9.25. The van der Waals surface area contributed by atoms with E-state index in [2.05, 4.69) is 6.58 Å². The SMILES string of the molecule is C=CC(=O)O.OC(F)(F)C(F)(F)C(F)(F)C(F)(F)C(F)(F)C(F)(F)C(F)(F)C(F)(F)C(F)(F)C(F)(F)C(F)(F)C(F)(F)C(F)C(F)C(F)C(F)F. The summed E-state index contributed by atoms with van der Waals surface area (Å²) < 4.78 is 384. The van der Waals surface area contributed by atoms with Crippen LogP contribution >= 0.6 is 0 Å². The molecule has 0 heterocycles. The fourth-order valence-corrected chi connectivity index (χ4v) is 2.65. The van der Waals surface area contributed by atoms with Crippen LogP contribution in [0.4, 0.5) is 127 Å². The number of hydrogen-bond acceptors (Lipinski definition) is 2. The van der Waals surface area contributed by atoms with Crippen LogP contribution in [0.5, 0.6) is 0 Å². The molecule has 3 atom stereocenters. The molecule has 0 radical (unpaired) electrons. The van der Waals surface area contributed by atoms with E-state index < -0.39 is 102 Å². The summed E-state index contributed by atoms with van der Waals surface area (Å²) in [5, 5.41) is 15.1. The monoisotopic (exact) mass is 836 g/mol. The van der Waals surface area contributed by atoms with E-state index in [9.17, 15) is 132 Å². The highest BCUT2D eigenvalue weighted by atomic mass is 19.4. The Morgan fingerprint density at radius 3 is 0.804 bits per heavy atom. The van der Waals surface area contributed by atoms with Crippen LogP contribution < -0.4 is 0 Å². The van der Waals surface area contributed by atoms with Crippen molar-refractivity contribution in [3.8, 4) is 0 Å². The van der Waals surface area contributed by atoms with Gasteiger partial charge in [0.1, 0.15) is 0 Å². The van der Waals surface area contributed by atoms with E-state index in [0.29, 0.717) is 0 Å². The standard InChI is InChI=1S/C16H5F29O.C3H4O2/c17-1(2(18)4(20)21)3(19)5(22,23)6(24,25)7(26,27)8(28,29)9(30,31)10(32,33)11(34,35)12(36,37)13(38,39)14(40,41)15(42,43)16(44,45)46;1-2-3(4)5/h1-4,46H;2H,1H2,(H,4,5). The lowest BCUT2D eigenvalue weighted by Crippen LogP contribution is -2.78. The Bertz CT molecular complexity index is 1220. The molecule has 0 aliphatic rings. The van der Waals surface area contributed by atoms with E-state index in [1.165, 1.54) is 0 Å². The first-order chi connectivity index (χ1) is 21.7. The minimum Gasteiger partial charge on any atom is -0.478 e. The Labute approximate surface area is 258 Å². The molecule has 0 saturated carbocycles. The number of alkyl halides is 29. The molecule has 0 saturated heterocycles. The van der Waals surface area contributed by atoms with E-state index >= 15 is 0 Å². The van der Waals surface area contributed by atoms with Gasteiger partial charge >= 0.3 is 77.2 Å². The van der Waals surface area contributed by atoms with Crippen LogP contribution in [0.25, 0.3) is 0 Å². The van der Waals surface area contributed by atoms with Crippen molar-refractivity contribution < 1.29 is 142 Å². The maximum absolute atomic E-state index is 13.7. The second kappa shape index (κ2) is 13.8. The number of aliphatic hydroxyl groups is 1. The van der Waals surface area contributed by atoms with Crippen LogP contribution in [0, 0.1) is 0 Å². The molecule has 0 bridgehead atoms. The molecule has 2 N–H and O–H groups in total. The highest BCUT2D eigenvalue weighted by molar-refractivity contribution is 5.78. The van der Waals surface area contributed by atoms with Crippen molar-refractivity contribution in [2.75, 3.05) is 0 Å². The van der Waals surface area contributed by atoms with Gasteiger partial charge in [-0.05, 0) is 0 Å². The number of halogens is 29. The van der Waals surface area contributed by atoms with Gasteiger partial charge in [-0.15, -0.1) is 0 Å². The van der Waals surface area contributed by atoms with Crippen molar-refractivity contribution in [2.24, 2.45) is 0 Å². The molecule has 0 aliphatic carbocycles. The van der Waals surface area contributed by atoms with Crippen LogP contribution in [0.1, 0.15) is 0 Å². The number of rotatable bonds is 16. The number of carboxylic acids is 1. The van der Waals surface area contributed by atoms with Crippen molar-refractivity contribution in [1.29, 1.82) is 0 Å². The first-order valence-corrected chi connectivity index (χ1v) is 11.0. The van der Waals surface area contributed by atoms with E-state index in [1.807, 2.05) is 0 Å². The van der Waals surface area contributed by atoms with E-state index in [0.717, 1.165) is 6.08 Å². The summed E-state index contributed by atoms with van der Waals surface area (Å²) in [7, 11) is 0. The quantitative estimate of drug-likeness (QED) is 0.121. The lowest BCUT2D eigenvalue weighted by Gasteiger charge is -2.46. The Balaban J connectivity index is 0. The fourth-order valence-electron chi connectivity index (χ4n) is 2.65. The van der Waals surface area contributed by atoms with Gasteiger partial charge in [0.05, 0.1) is 0 Å². The lowest BCUT2D eigenvalue weighted by molar-refractivity contribution is -0.486. The third-order valence-electron chi connectivity index (χ3n) is 5.69. The summed E-state index contributed by atoms with van der Waals surface area (Å²) in [6.45, 7) is 2.96. The minimum atomic E-state index is -9.85. The predicted molar refractivity (Wildman–Crippen MR) is 100 cm³/mol. The molecule has 0 rings (SSSR count). The van der Waals surface area contributed by atoms with Gasteiger partial charge in [-0.25, -0.2) is 26.7 Å². The molecule has 0 fully saturated rings. The van der Waals surface area contributed by atoms with Crippen molar-refractivity contribution >= 4 is 5.97 Å². The summed E-state index contributed by atoms with van der Waals surface area (Å²) in [6.07, 6.45) is -29.1. The molecule has 0 aromatic rings. The molecule has 306 valence electrons. The van der Waals surface area contributed by atoms with Gasteiger partial charge < -0.3 is 10.2 Å². The topological polar surface area (TPSA) is 57.5 Å². The molecule has 0 aliphatic heterocycles. The zero-order valence-corrected chi connectivity index (χ0v) is 22.4. The molecule has 0 amide bonds. The van der Waals surface area contributed by atoms with Gasteiger partial charge in [-0.3, -0.25) is 0 Å².